The number of nitrogens with one attached hydrogen (secondary N) is 1. The minimum atomic E-state index is -0.522. The molecule has 0 aromatic heterocycles. The van der Waals surface area contributed by atoms with Crippen LogP contribution < -0.4 is 5.32 Å². The molecule has 0 spiro atoms. The third-order valence-electron chi connectivity index (χ3n) is 4.29. The zero-order chi connectivity index (χ0) is 19.8. The van der Waals surface area contributed by atoms with Crippen molar-refractivity contribution in [2.24, 2.45) is 0 Å². The highest BCUT2D eigenvalue weighted by Gasteiger charge is 2.25. The van der Waals surface area contributed by atoms with E-state index in [9.17, 15) is 9.59 Å². The van der Waals surface area contributed by atoms with Gasteiger partial charge in [-0.05, 0) is 37.1 Å². The van der Waals surface area contributed by atoms with Crippen LogP contribution in [0.15, 0.2) is 53.0 Å². The third-order valence-corrected chi connectivity index (χ3v) is 5.81. The number of likely N-dealkylation sites (N-methyl/N-ethyl adjacent to an activating group) is 1. The van der Waals surface area contributed by atoms with Gasteiger partial charge in [0.05, 0.1) is 5.75 Å². The monoisotopic (exact) mass is 448 g/mol. The molecule has 0 unspecified atom stereocenters. The molecule has 0 aliphatic heterocycles. The number of hydrogen-bond donors (Lipinski definition) is 1. The third kappa shape index (κ3) is 6.70. The molecule has 2 amide bonds. The number of aryl methyl sites for hydroxylation is 1. The fraction of sp³-hybridized carbons (Fsp3) is 0.333. The average molecular weight is 449 g/mol. The summed E-state index contributed by atoms with van der Waals surface area (Å²) in [4.78, 5) is 26.6. The van der Waals surface area contributed by atoms with Crippen molar-refractivity contribution < 1.29 is 9.59 Å². The summed E-state index contributed by atoms with van der Waals surface area (Å²) in [5, 5.41) is 2.64. The predicted octanol–water partition coefficient (Wildman–Crippen LogP) is 4.15. The van der Waals surface area contributed by atoms with E-state index in [1.165, 1.54) is 11.1 Å². The van der Waals surface area contributed by atoms with E-state index in [0.717, 1.165) is 15.8 Å². The Morgan fingerprint density at radius 1 is 1.07 bits per heavy atom. The molecule has 1 N–H and O–H groups in total. The van der Waals surface area contributed by atoms with Gasteiger partial charge in [-0.1, -0.05) is 57.9 Å². The van der Waals surface area contributed by atoms with Crippen LogP contribution in [0.4, 0.5) is 0 Å². The first kappa shape index (κ1) is 21.5. The summed E-state index contributed by atoms with van der Waals surface area (Å²) in [6.07, 6.45) is 0. The van der Waals surface area contributed by atoms with Crippen molar-refractivity contribution in [3.05, 3.63) is 69.7 Å². The Balaban J connectivity index is 2.02. The molecule has 0 bridgehead atoms. The van der Waals surface area contributed by atoms with Crippen LogP contribution in [0.2, 0.25) is 0 Å². The van der Waals surface area contributed by atoms with Gasteiger partial charge in [0.15, 0.2) is 0 Å². The van der Waals surface area contributed by atoms with Gasteiger partial charge in [-0.15, -0.1) is 11.8 Å². The van der Waals surface area contributed by atoms with E-state index in [1.807, 2.05) is 24.3 Å². The Hall–Kier alpha value is -1.79. The lowest BCUT2D eigenvalue weighted by molar-refractivity contribution is -0.138. The summed E-state index contributed by atoms with van der Waals surface area (Å²) in [5.41, 5.74) is 3.41. The smallest absolute Gasteiger partial charge is 0.242 e. The SMILES string of the molecule is CNC(=O)[C@@H](C)N(Cc1ccc(Br)cc1)C(=O)CSCc1ccc(C)cc1. The van der Waals surface area contributed by atoms with Crippen LogP contribution in [-0.4, -0.2) is 35.6 Å². The van der Waals surface area contributed by atoms with Gasteiger partial charge in [-0.25, -0.2) is 0 Å². The van der Waals surface area contributed by atoms with Crippen molar-refractivity contribution in [2.75, 3.05) is 12.8 Å². The summed E-state index contributed by atoms with van der Waals surface area (Å²) in [6, 6.07) is 15.6. The summed E-state index contributed by atoms with van der Waals surface area (Å²) in [6.45, 7) is 4.23. The number of benzene rings is 2. The molecule has 0 heterocycles. The number of thioether (sulfide) groups is 1. The van der Waals surface area contributed by atoms with Gasteiger partial charge in [0, 0.05) is 23.8 Å². The second-order valence-electron chi connectivity index (χ2n) is 6.42. The molecular weight excluding hydrogens is 424 g/mol. The molecule has 4 nitrogen and oxygen atoms in total. The number of hydrogen-bond acceptors (Lipinski definition) is 3. The Morgan fingerprint density at radius 3 is 2.26 bits per heavy atom. The molecule has 0 aliphatic carbocycles. The van der Waals surface area contributed by atoms with Crippen molar-refractivity contribution in [1.29, 1.82) is 0 Å². The van der Waals surface area contributed by atoms with Gasteiger partial charge in [0.2, 0.25) is 11.8 Å². The molecule has 0 radical (unpaired) electrons. The first-order chi connectivity index (χ1) is 12.9. The first-order valence-corrected chi connectivity index (χ1v) is 10.7. The van der Waals surface area contributed by atoms with Crippen LogP contribution in [0.1, 0.15) is 23.6 Å². The molecule has 2 rings (SSSR count). The quantitative estimate of drug-likeness (QED) is 0.659. The second-order valence-corrected chi connectivity index (χ2v) is 8.32. The number of nitrogens with zero attached hydrogens (tertiary/aromatic N) is 1. The molecule has 27 heavy (non-hydrogen) atoms. The zero-order valence-corrected chi connectivity index (χ0v) is 18.3. The summed E-state index contributed by atoms with van der Waals surface area (Å²) >= 11 is 4.98. The fourth-order valence-corrected chi connectivity index (χ4v) is 3.74. The Morgan fingerprint density at radius 2 is 1.67 bits per heavy atom. The normalized spacial score (nSPS) is 11.7. The predicted molar refractivity (Wildman–Crippen MR) is 116 cm³/mol. The molecule has 0 saturated heterocycles. The van der Waals surface area contributed by atoms with Crippen LogP contribution in [0.25, 0.3) is 0 Å². The van der Waals surface area contributed by atoms with Crippen LogP contribution in [0.3, 0.4) is 0 Å². The Kier molecular flexibility index (Phi) is 8.38. The highest BCUT2D eigenvalue weighted by atomic mass is 79.9. The summed E-state index contributed by atoms with van der Waals surface area (Å²) in [7, 11) is 1.59. The zero-order valence-electron chi connectivity index (χ0n) is 15.9. The number of halogens is 1. The van der Waals surface area contributed by atoms with Crippen molar-refractivity contribution in [3.8, 4) is 0 Å². The van der Waals surface area contributed by atoms with Crippen LogP contribution in [0.5, 0.6) is 0 Å². The van der Waals surface area contributed by atoms with E-state index in [-0.39, 0.29) is 11.8 Å². The topological polar surface area (TPSA) is 49.4 Å². The van der Waals surface area contributed by atoms with Crippen molar-refractivity contribution in [1.82, 2.24) is 10.2 Å². The van der Waals surface area contributed by atoms with Crippen molar-refractivity contribution in [2.45, 2.75) is 32.2 Å². The maximum atomic E-state index is 12.8. The van der Waals surface area contributed by atoms with Gasteiger partial charge in [0.1, 0.15) is 6.04 Å². The van der Waals surface area contributed by atoms with E-state index in [1.54, 1.807) is 30.6 Å². The standard InChI is InChI=1S/C21H25BrN2O2S/c1-15-4-6-18(7-5-15)13-27-14-20(25)24(16(2)21(26)23-3)12-17-8-10-19(22)11-9-17/h4-11,16H,12-14H2,1-3H3,(H,23,26)/t16-/m1/s1. The first-order valence-electron chi connectivity index (χ1n) is 8.79. The molecule has 2 aromatic carbocycles. The Labute approximate surface area is 173 Å². The van der Waals surface area contributed by atoms with E-state index in [2.05, 4.69) is 52.4 Å². The van der Waals surface area contributed by atoms with E-state index in [4.69, 9.17) is 0 Å². The summed E-state index contributed by atoms with van der Waals surface area (Å²) in [5.74, 6) is 0.910. The van der Waals surface area contributed by atoms with Crippen LogP contribution >= 0.6 is 27.7 Å². The second kappa shape index (κ2) is 10.5. The number of amides is 2. The summed E-state index contributed by atoms with van der Waals surface area (Å²) < 4.78 is 0.983. The number of carbonyl (C=O) groups excluding carboxylic acids is 2. The van der Waals surface area contributed by atoms with E-state index < -0.39 is 6.04 Å². The van der Waals surface area contributed by atoms with Crippen molar-refractivity contribution in [3.63, 3.8) is 0 Å². The van der Waals surface area contributed by atoms with E-state index in [0.29, 0.717) is 12.3 Å². The van der Waals surface area contributed by atoms with Crippen LogP contribution in [0, 0.1) is 6.92 Å². The molecule has 2 aromatic rings. The minimum absolute atomic E-state index is 0.0360. The van der Waals surface area contributed by atoms with Gasteiger partial charge in [-0.3, -0.25) is 9.59 Å². The van der Waals surface area contributed by atoms with Gasteiger partial charge in [-0.2, -0.15) is 0 Å². The maximum absolute atomic E-state index is 12.8. The van der Waals surface area contributed by atoms with Crippen molar-refractivity contribution >= 4 is 39.5 Å². The lowest BCUT2D eigenvalue weighted by atomic mass is 10.1. The highest BCUT2D eigenvalue weighted by Crippen LogP contribution is 2.17. The van der Waals surface area contributed by atoms with Gasteiger partial charge in [0.25, 0.3) is 0 Å². The van der Waals surface area contributed by atoms with Gasteiger partial charge < -0.3 is 10.2 Å². The molecular formula is C21H25BrN2O2S. The van der Waals surface area contributed by atoms with Gasteiger partial charge >= 0.3 is 0 Å². The molecule has 1 atom stereocenters. The number of rotatable bonds is 8. The minimum Gasteiger partial charge on any atom is -0.357 e. The molecule has 0 aliphatic rings. The molecule has 6 heteroatoms. The number of carbonyl (C=O) groups is 2. The molecule has 0 saturated carbocycles. The van der Waals surface area contributed by atoms with E-state index >= 15 is 0 Å². The molecule has 0 fully saturated rings. The molecule has 144 valence electrons. The average Bonchev–Trinajstić information content (AvgIpc) is 2.67. The lowest BCUT2D eigenvalue weighted by Crippen LogP contribution is -2.47. The lowest BCUT2D eigenvalue weighted by Gasteiger charge is -2.28. The van der Waals surface area contributed by atoms with Crippen LogP contribution in [-0.2, 0) is 21.9 Å². The highest BCUT2D eigenvalue weighted by molar-refractivity contribution is 9.10. The Bertz CT molecular complexity index is 763. The maximum Gasteiger partial charge on any atom is 0.242 e. The fourth-order valence-electron chi connectivity index (χ4n) is 2.60. The largest absolute Gasteiger partial charge is 0.357 e.